The summed E-state index contributed by atoms with van der Waals surface area (Å²) in [4.78, 5) is 11.4. The van der Waals surface area contributed by atoms with Crippen LogP contribution in [0.15, 0.2) is 42.5 Å². The molecule has 21 heavy (non-hydrogen) atoms. The maximum atomic E-state index is 11.4. The molecule has 0 unspecified atom stereocenters. The highest BCUT2D eigenvalue weighted by Gasteiger charge is 2.17. The molecule has 0 bridgehead atoms. The van der Waals surface area contributed by atoms with E-state index in [1.165, 1.54) is 0 Å². The molecule has 3 aromatic rings. The zero-order valence-electron chi connectivity index (χ0n) is 11.8. The summed E-state index contributed by atoms with van der Waals surface area (Å²) < 4.78 is 1.62. The van der Waals surface area contributed by atoms with Crippen molar-refractivity contribution in [2.75, 3.05) is 0 Å². The summed E-state index contributed by atoms with van der Waals surface area (Å²) in [5, 5.41) is 17.6. The van der Waals surface area contributed by atoms with E-state index in [4.69, 9.17) is 0 Å². The van der Waals surface area contributed by atoms with Gasteiger partial charge in [0.15, 0.2) is 0 Å². The van der Waals surface area contributed by atoms with Crippen molar-refractivity contribution in [3.8, 4) is 5.69 Å². The van der Waals surface area contributed by atoms with Crippen LogP contribution in [-0.4, -0.2) is 26.1 Å². The van der Waals surface area contributed by atoms with Gasteiger partial charge in [0.25, 0.3) is 0 Å². The molecule has 0 spiro atoms. The lowest BCUT2D eigenvalue weighted by atomic mass is 10.0. The van der Waals surface area contributed by atoms with Gasteiger partial charge < -0.3 is 5.11 Å². The minimum atomic E-state index is -0.980. The predicted molar refractivity (Wildman–Crippen MR) is 79.9 cm³/mol. The third-order valence-electron chi connectivity index (χ3n) is 3.49. The lowest BCUT2D eigenvalue weighted by Crippen LogP contribution is -2.06. The molecule has 0 atom stereocenters. The number of fused-ring (bicyclic) bond motifs is 1. The first-order valence-corrected chi connectivity index (χ1v) is 6.76. The van der Waals surface area contributed by atoms with Gasteiger partial charge in [0.2, 0.25) is 0 Å². The van der Waals surface area contributed by atoms with E-state index in [-0.39, 0.29) is 5.56 Å². The van der Waals surface area contributed by atoms with Gasteiger partial charge in [-0.1, -0.05) is 43.3 Å². The Hall–Kier alpha value is -2.69. The van der Waals surface area contributed by atoms with Crippen LogP contribution in [0.5, 0.6) is 0 Å². The van der Waals surface area contributed by atoms with Crippen molar-refractivity contribution >= 4 is 17.0 Å². The zero-order chi connectivity index (χ0) is 15.0. The first kappa shape index (κ1) is 13.3. The number of aromatic carboxylic acids is 1. The molecule has 0 aliphatic heterocycles. The summed E-state index contributed by atoms with van der Waals surface area (Å²) in [6.45, 7) is 4.19. The summed E-state index contributed by atoms with van der Waals surface area (Å²) in [6, 6.07) is 12.9. The first-order valence-electron chi connectivity index (χ1n) is 6.76. The van der Waals surface area contributed by atoms with Gasteiger partial charge in [-0.3, -0.25) is 0 Å². The van der Waals surface area contributed by atoms with Crippen LogP contribution >= 0.6 is 0 Å². The largest absolute Gasteiger partial charge is 0.478 e. The Morgan fingerprint density at radius 1 is 1.14 bits per heavy atom. The number of carboxylic acid groups (broad SMARTS) is 1. The maximum absolute atomic E-state index is 11.4. The van der Waals surface area contributed by atoms with E-state index in [0.717, 1.165) is 11.3 Å². The molecule has 0 amide bonds. The molecule has 106 valence electrons. The Morgan fingerprint density at radius 3 is 2.62 bits per heavy atom. The number of carboxylic acids is 1. The van der Waals surface area contributed by atoms with Gasteiger partial charge in [-0.2, -0.15) is 0 Å². The molecular formula is C16H15N3O2. The van der Waals surface area contributed by atoms with E-state index in [0.29, 0.717) is 17.0 Å². The molecule has 2 aromatic carbocycles. The summed E-state index contributed by atoms with van der Waals surface area (Å²) in [6.07, 6.45) is 0. The van der Waals surface area contributed by atoms with E-state index in [2.05, 4.69) is 24.2 Å². The molecule has 0 fully saturated rings. The summed E-state index contributed by atoms with van der Waals surface area (Å²) >= 11 is 0. The lowest BCUT2D eigenvalue weighted by molar-refractivity contribution is 0.0698. The molecular weight excluding hydrogens is 266 g/mol. The number of hydrogen-bond donors (Lipinski definition) is 1. The second kappa shape index (κ2) is 5.01. The van der Waals surface area contributed by atoms with Gasteiger partial charge in [-0.25, -0.2) is 9.48 Å². The average Bonchev–Trinajstić information content (AvgIpc) is 2.90. The highest BCUT2D eigenvalue weighted by Crippen LogP contribution is 2.26. The van der Waals surface area contributed by atoms with Crippen LogP contribution in [0.25, 0.3) is 16.7 Å². The van der Waals surface area contributed by atoms with Crippen molar-refractivity contribution in [1.29, 1.82) is 0 Å². The molecule has 0 saturated carbocycles. The number of benzene rings is 2. The maximum Gasteiger partial charge on any atom is 0.337 e. The van der Waals surface area contributed by atoms with Gasteiger partial charge in [0.1, 0.15) is 11.0 Å². The van der Waals surface area contributed by atoms with Crippen LogP contribution in [0, 0.1) is 0 Å². The SMILES string of the molecule is CC(C)c1ccccc1-n1nnc2cccc(C(=O)O)c21. The number of nitrogens with zero attached hydrogens (tertiary/aromatic N) is 3. The Bertz CT molecular complexity index is 821. The van der Waals surface area contributed by atoms with Crippen LogP contribution in [0.2, 0.25) is 0 Å². The van der Waals surface area contributed by atoms with E-state index in [1.54, 1.807) is 22.9 Å². The van der Waals surface area contributed by atoms with Gasteiger partial charge >= 0.3 is 5.97 Å². The van der Waals surface area contributed by atoms with Gasteiger partial charge in [-0.15, -0.1) is 5.10 Å². The normalized spacial score (nSPS) is 11.2. The van der Waals surface area contributed by atoms with Crippen LogP contribution < -0.4 is 0 Å². The average molecular weight is 281 g/mol. The minimum Gasteiger partial charge on any atom is -0.478 e. The molecule has 5 nitrogen and oxygen atoms in total. The fourth-order valence-corrected chi connectivity index (χ4v) is 2.48. The molecule has 3 rings (SSSR count). The molecule has 1 N–H and O–H groups in total. The second-order valence-corrected chi connectivity index (χ2v) is 5.19. The van der Waals surface area contributed by atoms with Gasteiger partial charge in [-0.05, 0) is 29.7 Å². The minimum absolute atomic E-state index is 0.205. The molecule has 1 aromatic heterocycles. The zero-order valence-corrected chi connectivity index (χ0v) is 11.8. The van der Waals surface area contributed by atoms with E-state index in [1.807, 2.05) is 24.3 Å². The molecule has 0 aliphatic carbocycles. The second-order valence-electron chi connectivity index (χ2n) is 5.19. The standard InChI is InChI=1S/C16H15N3O2/c1-10(2)11-6-3-4-9-14(11)19-15-12(16(20)21)7-5-8-13(15)17-18-19/h3-10H,1-2H3,(H,20,21). The first-order chi connectivity index (χ1) is 10.1. The fourth-order valence-electron chi connectivity index (χ4n) is 2.48. The van der Waals surface area contributed by atoms with Crippen molar-refractivity contribution in [1.82, 2.24) is 15.0 Å². The predicted octanol–water partition coefficient (Wildman–Crippen LogP) is 3.24. The number of hydrogen-bond acceptors (Lipinski definition) is 3. The van der Waals surface area contributed by atoms with Crippen LogP contribution in [0.4, 0.5) is 0 Å². The topological polar surface area (TPSA) is 68.0 Å². The van der Waals surface area contributed by atoms with Gasteiger partial charge in [0.05, 0.1) is 11.3 Å². The molecule has 0 saturated heterocycles. The van der Waals surface area contributed by atoms with Crippen molar-refractivity contribution < 1.29 is 9.90 Å². The highest BCUT2D eigenvalue weighted by molar-refractivity contribution is 6.01. The number of carbonyl (C=O) groups is 1. The smallest absolute Gasteiger partial charge is 0.337 e. The van der Waals surface area contributed by atoms with Crippen LogP contribution in [0.3, 0.4) is 0 Å². The molecule has 0 radical (unpaired) electrons. The third-order valence-corrected chi connectivity index (χ3v) is 3.49. The van der Waals surface area contributed by atoms with Crippen molar-refractivity contribution in [3.63, 3.8) is 0 Å². The monoisotopic (exact) mass is 281 g/mol. The van der Waals surface area contributed by atoms with Crippen molar-refractivity contribution in [2.45, 2.75) is 19.8 Å². The van der Waals surface area contributed by atoms with E-state index >= 15 is 0 Å². The Kier molecular flexibility index (Phi) is 3.17. The van der Waals surface area contributed by atoms with Crippen LogP contribution in [-0.2, 0) is 0 Å². The van der Waals surface area contributed by atoms with E-state index < -0.39 is 5.97 Å². The number of aromatic nitrogens is 3. The van der Waals surface area contributed by atoms with Crippen molar-refractivity contribution in [2.24, 2.45) is 0 Å². The molecule has 0 aliphatic rings. The number of rotatable bonds is 3. The highest BCUT2D eigenvalue weighted by atomic mass is 16.4. The Balaban J connectivity index is 2.34. The summed E-state index contributed by atoms with van der Waals surface area (Å²) in [5.74, 6) is -0.677. The Labute approximate surface area is 121 Å². The molecule has 1 heterocycles. The van der Waals surface area contributed by atoms with Crippen LogP contribution in [0.1, 0.15) is 35.7 Å². The van der Waals surface area contributed by atoms with Crippen molar-refractivity contribution in [3.05, 3.63) is 53.6 Å². The van der Waals surface area contributed by atoms with E-state index in [9.17, 15) is 9.90 Å². The third kappa shape index (κ3) is 2.16. The lowest BCUT2D eigenvalue weighted by Gasteiger charge is -2.13. The Morgan fingerprint density at radius 2 is 1.90 bits per heavy atom. The number of para-hydroxylation sites is 2. The summed E-state index contributed by atoms with van der Waals surface area (Å²) in [7, 11) is 0. The summed E-state index contributed by atoms with van der Waals surface area (Å²) in [5.41, 5.74) is 3.27. The van der Waals surface area contributed by atoms with Gasteiger partial charge in [0, 0.05) is 0 Å². The quantitative estimate of drug-likeness (QED) is 0.800. The molecule has 5 heteroatoms. The fraction of sp³-hybridized carbons (Fsp3) is 0.188.